The number of aromatic nitrogens is 1. The number of piperidine rings is 2. The van der Waals surface area contributed by atoms with Crippen molar-refractivity contribution in [3.8, 4) is 0 Å². The van der Waals surface area contributed by atoms with Gasteiger partial charge in [0.25, 0.3) is 0 Å². The van der Waals surface area contributed by atoms with E-state index in [0.29, 0.717) is 6.42 Å². The van der Waals surface area contributed by atoms with Gasteiger partial charge in [0.05, 0.1) is 12.3 Å². The van der Waals surface area contributed by atoms with Crippen LogP contribution >= 0.6 is 0 Å². The number of likely N-dealkylation sites (tertiary alicyclic amines) is 2. The minimum atomic E-state index is -0.0717. The maximum absolute atomic E-state index is 12.8. The van der Waals surface area contributed by atoms with Crippen LogP contribution in [-0.2, 0) is 16.0 Å². The van der Waals surface area contributed by atoms with Crippen LogP contribution < -0.4 is 0 Å². The van der Waals surface area contributed by atoms with Gasteiger partial charge in [-0.1, -0.05) is 36.4 Å². The number of rotatable bonds is 3. The number of benzene rings is 1. The predicted molar refractivity (Wildman–Crippen MR) is 108 cm³/mol. The van der Waals surface area contributed by atoms with Crippen molar-refractivity contribution < 1.29 is 9.59 Å². The molecule has 146 valence electrons. The molecular formula is C23H27N3O2. The Hall–Kier alpha value is -2.69. The van der Waals surface area contributed by atoms with E-state index >= 15 is 0 Å². The predicted octanol–water partition coefficient (Wildman–Crippen LogP) is 2.88. The third-order valence-corrected chi connectivity index (χ3v) is 6.34. The Morgan fingerprint density at radius 1 is 1.14 bits per heavy atom. The molecule has 2 aliphatic heterocycles. The summed E-state index contributed by atoms with van der Waals surface area (Å²) in [7, 11) is 1.92. The fraction of sp³-hybridized carbons (Fsp3) is 0.435. The molecule has 4 rings (SSSR count). The highest BCUT2D eigenvalue weighted by Crippen LogP contribution is 2.45. The van der Waals surface area contributed by atoms with Crippen molar-refractivity contribution in [1.82, 2.24) is 14.8 Å². The second kappa shape index (κ2) is 7.74. The van der Waals surface area contributed by atoms with Crippen LogP contribution in [0.1, 0.15) is 36.3 Å². The highest BCUT2D eigenvalue weighted by Gasteiger charge is 2.45. The Morgan fingerprint density at radius 3 is 2.57 bits per heavy atom. The number of hydrogen-bond acceptors (Lipinski definition) is 3. The molecule has 5 nitrogen and oxygen atoms in total. The Labute approximate surface area is 166 Å². The highest BCUT2D eigenvalue weighted by atomic mass is 16.2. The molecule has 3 heterocycles. The molecule has 5 heteroatoms. The van der Waals surface area contributed by atoms with Gasteiger partial charge in [-0.25, -0.2) is 0 Å². The topological polar surface area (TPSA) is 53.5 Å². The van der Waals surface area contributed by atoms with Crippen LogP contribution in [0.15, 0.2) is 54.9 Å². The zero-order valence-corrected chi connectivity index (χ0v) is 16.4. The third kappa shape index (κ3) is 3.79. The number of hydrogen-bond donors (Lipinski definition) is 0. The van der Waals surface area contributed by atoms with E-state index in [-0.39, 0.29) is 23.1 Å². The van der Waals surface area contributed by atoms with E-state index in [1.807, 2.05) is 47.2 Å². The molecule has 0 unspecified atom stereocenters. The average molecular weight is 377 g/mol. The lowest BCUT2D eigenvalue weighted by Gasteiger charge is -2.49. The van der Waals surface area contributed by atoms with E-state index < -0.39 is 0 Å². The quantitative estimate of drug-likeness (QED) is 0.826. The zero-order chi connectivity index (χ0) is 19.6. The van der Waals surface area contributed by atoms with Crippen molar-refractivity contribution in [2.75, 3.05) is 26.7 Å². The lowest BCUT2D eigenvalue weighted by atomic mass is 9.67. The van der Waals surface area contributed by atoms with E-state index in [1.165, 1.54) is 0 Å². The second-order valence-electron chi connectivity index (χ2n) is 8.28. The minimum Gasteiger partial charge on any atom is -0.345 e. The first-order chi connectivity index (χ1) is 13.6. The van der Waals surface area contributed by atoms with Gasteiger partial charge in [0.15, 0.2) is 0 Å². The summed E-state index contributed by atoms with van der Waals surface area (Å²) in [5, 5.41) is 0. The summed E-state index contributed by atoms with van der Waals surface area (Å²) < 4.78 is 0. The molecule has 2 amide bonds. The van der Waals surface area contributed by atoms with Crippen molar-refractivity contribution in [1.29, 1.82) is 0 Å². The summed E-state index contributed by atoms with van der Waals surface area (Å²) in [6.45, 7) is 2.32. The summed E-state index contributed by atoms with van der Waals surface area (Å²) in [5.74, 6) is 0.312. The van der Waals surface area contributed by atoms with Crippen LogP contribution in [0.2, 0.25) is 0 Å². The Balaban J connectivity index is 1.42. The van der Waals surface area contributed by atoms with E-state index in [2.05, 4.69) is 17.1 Å². The van der Waals surface area contributed by atoms with Gasteiger partial charge >= 0.3 is 0 Å². The van der Waals surface area contributed by atoms with Gasteiger partial charge in [0.2, 0.25) is 11.8 Å². The van der Waals surface area contributed by atoms with Gasteiger partial charge < -0.3 is 9.80 Å². The first kappa shape index (κ1) is 18.7. The molecular weight excluding hydrogens is 350 g/mol. The van der Waals surface area contributed by atoms with Crippen molar-refractivity contribution in [2.24, 2.45) is 5.41 Å². The van der Waals surface area contributed by atoms with Crippen LogP contribution in [0, 0.1) is 5.41 Å². The van der Waals surface area contributed by atoms with Crippen LogP contribution in [-0.4, -0.2) is 53.3 Å². The van der Waals surface area contributed by atoms with Crippen LogP contribution in [0.25, 0.3) is 0 Å². The lowest BCUT2D eigenvalue weighted by Crippen LogP contribution is -2.53. The number of pyridine rings is 1. The molecule has 1 atom stereocenters. The summed E-state index contributed by atoms with van der Waals surface area (Å²) in [6, 6.07) is 13.9. The summed E-state index contributed by atoms with van der Waals surface area (Å²) in [4.78, 5) is 33.4. The smallest absolute Gasteiger partial charge is 0.229 e. The second-order valence-corrected chi connectivity index (χ2v) is 8.28. The normalized spacial score (nSPS) is 21.8. The molecule has 2 aromatic rings. The molecule has 1 aromatic carbocycles. The minimum absolute atomic E-state index is 0.0717. The average Bonchev–Trinajstić information content (AvgIpc) is 2.73. The fourth-order valence-corrected chi connectivity index (χ4v) is 4.76. The van der Waals surface area contributed by atoms with E-state index in [4.69, 9.17) is 0 Å². The largest absolute Gasteiger partial charge is 0.345 e. The maximum Gasteiger partial charge on any atom is 0.229 e. The molecule has 2 aliphatic rings. The lowest BCUT2D eigenvalue weighted by molar-refractivity contribution is -0.142. The van der Waals surface area contributed by atoms with Gasteiger partial charge in [-0.15, -0.1) is 0 Å². The highest BCUT2D eigenvalue weighted by molar-refractivity contribution is 5.84. The van der Waals surface area contributed by atoms with Gasteiger partial charge in [-0.3, -0.25) is 14.6 Å². The van der Waals surface area contributed by atoms with Crippen molar-refractivity contribution in [2.45, 2.75) is 31.6 Å². The molecule has 0 N–H and O–H groups in total. The standard InChI is InChI=1S/C23H27N3O2/c1-25-17-23(15-20(22(25)28)19-7-3-2-4-8-19)9-12-26(13-10-23)21(27)14-18-6-5-11-24-16-18/h2-8,11,16,20H,9-10,12-15,17H2,1H3/t20-/m0/s1. The van der Waals surface area contributed by atoms with Crippen molar-refractivity contribution in [3.63, 3.8) is 0 Å². The van der Waals surface area contributed by atoms with Gasteiger partial charge in [-0.05, 0) is 41.9 Å². The molecule has 2 saturated heterocycles. The fourth-order valence-electron chi connectivity index (χ4n) is 4.76. The molecule has 0 saturated carbocycles. The molecule has 0 radical (unpaired) electrons. The van der Waals surface area contributed by atoms with Crippen molar-refractivity contribution in [3.05, 3.63) is 66.0 Å². The Morgan fingerprint density at radius 2 is 1.89 bits per heavy atom. The summed E-state index contributed by atoms with van der Waals surface area (Å²) >= 11 is 0. The Bertz CT molecular complexity index is 829. The molecule has 1 aromatic heterocycles. The molecule has 0 bridgehead atoms. The zero-order valence-electron chi connectivity index (χ0n) is 16.4. The monoisotopic (exact) mass is 377 g/mol. The number of nitrogens with zero attached hydrogens (tertiary/aromatic N) is 3. The SMILES string of the molecule is CN1CC2(CCN(C(=O)Cc3cccnc3)CC2)C[C@@H](c2ccccc2)C1=O. The summed E-state index contributed by atoms with van der Waals surface area (Å²) in [6.07, 6.45) is 6.67. The molecule has 0 aliphatic carbocycles. The maximum atomic E-state index is 12.8. The van der Waals surface area contributed by atoms with E-state index in [1.54, 1.807) is 12.4 Å². The molecule has 28 heavy (non-hydrogen) atoms. The number of likely N-dealkylation sites (N-methyl/N-ethyl adjacent to an activating group) is 1. The molecule has 2 fully saturated rings. The van der Waals surface area contributed by atoms with Crippen LogP contribution in [0.4, 0.5) is 0 Å². The van der Waals surface area contributed by atoms with Crippen LogP contribution in [0.5, 0.6) is 0 Å². The van der Waals surface area contributed by atoms with Gasteiger partial charge in [0, 0.05) is 39.1 Å². The first-order valence-corrected chi connectivity index (χ1v) is 10.0. The van der Waals surface area contributed by atoms with E-state index in [0.717, 1.165) is 50.0 Å². The first-order valence-electron chi connectivity index (χ1n) is 10.0. The number of amides is 2. The van der Waals surface area contributed by atoms with Gasteiger partial charge in [-0.2, -0.15) is 0 Å². The summed E-state index contributed by atoms with van der Waals surface area (Å²) in [5.41, 5.74) is 2.17. The number of carbonyl (C=O) groups excluding carboxylic acids is 2. The van der Waals surface area contributed by atoms with E-state index in [9.17, 15) is 9.59 Å². The number of carbonyl (C=O) groups is 2. The van der Waals surface area contributed by atoms with Gasteiger partial charge in [0.1, 0.15) is 0 Å². The molecule has 1 spiro atoms. The van der Waals surface area contributed by atoms with Crippen LogP contribution in [0.3, 0.4) is 0 Å². The third-order valence-electron chi connectivity index (χ3n) is 6.34. The van der Waals surface area contributed by atoms with Crippen molar-refractivity contribution >= 4 is 11.8 Å². The Kier molecular flexibility index (Phi) is 5.16.